The van der Waals surface area contributed by atoms with Gasteiger partial charge in [-0.25, -0.2) is 0 Å². The average Bonchev–Trinajstić information content (AvgIpc) is 2.62. The van der Waals surface area contributed by atoms with Crippen molar-refractivity contribution in [1.29, 1.82) is 0 Å². The molecule has 3 rings (SSSR count). The molecule has 0 saturated heterocycles. The molecule has 3 aromatic rings. The first kappa shape index (κ1) is 17.2. The van der Waals surface area contributed by atoms with E-state index in [0.717, 1.165) is 11.3 Å². The second-order valence-corrected chi connectivity index (χ2v) is 5.91. The quantitative estimate of drug-likeness (QED) is 0.662. The first-order valence-electron chi connectivity index (χ1n) is 8.10. The van der Waals surface area contributed by atoms with Gasteiger partial charge in [0.05, 0.1) is 0 Å². The maximum absolute atomic E-state index is 12.3. The lowest BCUT2D eigenvalue weighted by molar-refractivity contribution is 0.101. The topological polar surface area (TPSA) is 78.4 Å². The summed E-state index contributed by atoms with van der Waals surface area (Å²) in [5.41, 5.74) is 3.15. The Morgan fingerprint density at radius 3 is 1.73 bits per heavy atom. The minimum Gasteiger partial charge on any atom is -0.508 e. The van der Waals surface area contributed by atoms with E-state index < -0.39 is 0 Å². The highest BCUT2D eigenvalue weighted by Crippen LogP contribution is 2.17. The highest BCUT2D eigenvalue weighted by atomic mass is 16.3. The summed E-state index contributed by atoms with van der Waals surface area (Å²) in [7, 11) is 0. The molecule has 0 aliphatic carbocycles. The van der Waals surface area contributed by atoms with Crippen LogP contribution in [0.1, 0.15) is 26.3 Å². The lowest BCUT2D eigenvalue weighted by Gasteiger charge is -2.08. The van der Waals surface area contributed by atoms with Gasteiger partial charge < -0.3 is 15.7 Å². The molecule has 3 N–H and O–H groups in total. The highest BCUT2D eigenvalue weighted by Gasteiger charge is 2.10. The maximum atomic E-state index is 12.3. The van der Waals surface area contributed by atoms with Gasteiger partial charge in [0.25, 0.3) is 11.8 Å². The van der Waals surface area contributed by atoms with Gasteiger partial charge in [-0.05, 0) is 61.0 Å². The second-order valence-electron chi connectivity index (χ2n) is 5.91. The SMILES string of the molecule is Cc1cccc(NC(=O)c2ccc(C(=O)Nc3cccc(O)c3)cc2)c1. The van der Waals surface area contributed by atoms with Crippen molar-refractivity contribution in [2.75, 3.05) is 10.6 Å². The fourth-order valence-electron chi connectivity index (χ4n) is 2.49. The fourth-order valence-corrected chi connectivity index (χ4v) is 2.49. The Morgan fingerprint density at radius 2 is 1.23 bits per heavy atom. The Bertz CT molecular complexity index is 871. The van der Waals surface area contributed by atoms with E-state index in [1.165, 1.54) is 12.1 Å². The summed E-state index contributed by atoms with van der Waals surface area (Å²) < 4.78 is 0. The van der Waals surface area contributed by atoms with Gasteiger partial charge in [-0.1, -0.05) is 18.2 Å². The molecular formula is C21H18N2O3. The third-order valence-corrected chi connectivity index (χ3v) is 3.79. The molecule has 130 valence electrons. The van der Waals surface area contributed by atoms with Crippen LogP contribution in [0.2, 0.25) is 0 Å². The van der Waals surface area contributed by atoms with Crippen molar-refractivity contribution >= 4 is 23.2 Å². The Labute approximate surface area is 151 Å². The lowest BCUT2D eigenvalue weighted by Crippen LogP contribution is -2.14. The van der Waals surface area contributed by atoms with Crippen molar-refractivity contribution in [3.63, 3.8) is 0 Å². The van der Waals surface area contributed by atoms with Crippen LogP contribution in [0.4, 0.5) is 11.4 Å². The second kappa shape index (κ2) is 7.53. The monoisotopic (exact) mass is 346 g/mol. The average molecular weight is 346 g/mol. The molecule has 0 radical (unpaired) electrons. The van der Waals surface area contributed by atoms with Crippen LogP contribution in [-0.2, 0) is 0 Å². The fraction of sp³-hybridized carbons (Fsp3) is 0.0476. The molecule has 0 aliphatic rings. The number of hydrogen-bond donors (Lipinski definition) is 3. The number of benzene rings is 3. The molecule has 5 heteroatoms. The zero-order valence-corrected chi connectivity index (χ0v) is 14.2. The van der Waals surface area contributed by atoms with Crippen molar-refractivity contribution in [2.45, 2.75) is 6.92 Å². The summed E-state index contributed by atoms with van der Waals surface area (Å²) in [6, 6.07) is 20.2. The standard InChI is InChI=1S/C21H18N2O3/c1-14-4-2-5-17(12-14)22-20(25)15-8-10-16(11-9-15)21(26)23-18-6-3-7-19(24)13-18/h2-13,24H,1H3,(H,22,25)(H,23,26). The molecule has 2 amide bonds. The number of anilines is 2. The third kappa shape index (κ3) is 4.27. The molecule has 5 nitrogen and oxygen atoms in total. The molecule has 0 bridgehead atoms. The maximum Gasteiger partial charge on any atom is 0.255 e. The van der Waals surface area contributed by atoms with E-state index in [4.69, 9.17) is 0 Å². The van der Waals surface area contributed by atoms with Crippen LogP contribution < -0.4 is 10.6 Å². The number of aryl methyl sites for hydroxylation is 1. The van der Waals surface area contributed by atoms with E-state index in [9.17, 15) is 14.7 Å². The number of rotatable bonds is 4. The first-order chi connectivity index (χ1) is 12.5. The molecule has 0 unspecified atom stereocenters. The summed E-state index contributed by atoms with van der Waals surface area (Å²) in [5.74, 6) is -0.484. The van der Waals surface area contributed by atoms with Gasteiger partial charge in [-0.15, -0.1) is 0 Å². The van der Waals surface area contributed by atoms with Crippen molar-refractivity contribution < 1.29 is 14.7 Å². The van der Waals surface area contributed by atoms with Crippen molar-refractivity contribution in [3.8, 4) is 5.75 Å². The molecule has 0 aromatic heterocycles. The molecule has 0 atom stereocenters. The van der Waals surface area contributed by atoms with E-state index in [1.807, 2.05) is 31.2 Å². The van der Waals surface area contributed by atoms with Gasteiger partial charge in [0.15, 0.2) is 0 Å². The molecule has 0 aliphatic heterocycles. The predicted octanol–water partition coefficient (Wildman–Crippen LogP) is 4.21. The summed E-state index contributed by atoms with van der Waals surface area (Å²) in [6.07, 6.45) is 0. The number of carbonyl (C=O) groups is 2. The Morgan fingerprint density at radius 1 is 0.731 bits per heavy atom. The van der Waals surface area contributed by atoms with Crippen LogP contribution in [0.3, 0.4) is 0 Å². The van der Waals surface area contributed by atoms with E-state index in [1.54, 1.807) is 36.4 Å². The Balaban J connectivity index is 1.67. The van der Waals surface area contributed by atoms with Crippen LogP contribution in [0.5, 0.6) is 5.75 Å². The normalized spacial score (nSPS) is 10.2. The minimum absolute atomic E-state index is 0.0750. The van der Waals surface area contributed by atoms with Crippen LogP contribution in [-0.4, -0.2) is 16.9 Å². The minimum atomic E-state index is -0.318. The zero-order valence-electron chi connectivity index (χ0n) is 14.2. The van der Waals surface area contributed by atoms with Gasteiger partial charge >= 0.3 is 0 Å². The third-order valence-electron chi connectivity index (χ3n) is 3.79. The number of phenols is 1. The van der Waals surface area contributed by atoms with E-state index in [2.05, 4.69) is 10.6 Å². The van der Waals surface area contributed by atoms with Crippen LogP contribution >= 0.6 is 0 Å². The largest absolute Gasteiger partial charge is 0.508 e. The number of nitrogens with one attached hydrogen (secondary N) is 2. The highest BCUT2D eigenvalue weighted by molar-refractivity contribution is 6.07. The van der Waals surface area contributed by atoms with Crippen molar-refractivity contribution in [3.05, 3.63) is 89.5 Å². The summed E-state index contributed by atoms with van der Waals surface area (Å²) in [4.78, 5) is 24.5. The number of phenolic OH excluding ortho intramolecular Hbond substituents is 1. The molecule has 26 heavy (non-hydrogen) atoms. The first-order valence-corrected chi connectivity index (χ1v) is 8.10. The predicted molar refractivity (Wildman–Crippen MR) is 102 cm³/mol. The Kier molecular flexibility index (Phi) is 4.99. The molecular weight excluding hydrogens is 328 g/mol. The van der Waals surface area contributed by atoms with Gasteiger partial charge in [-0.3, -0.25) is 9.59 Å². The van der Waals surface area contributed by atoms with Gasteiger partial charge in [0.1, 0.15) is 5.75 Å². The van der Waals surface area contributed by atoms with Gasteiger partial charge in [0.2, 0.25) is 0 Å². The zero-order chi connectivity index (χ0) is 18.5. The number of aromatic hydroxyl groups is 1. The van der Waals surface area contributed by atoms with Crippen LogP contribution in [0.25, 0.3) is 0 Å². The molecule has 3 aromatic carbocycles. The summed E-state index contributed by atoms with van der Waals surface area (Å²) in [6.45, 7) is 1.95. The van der Waals surface area contributed by atoms with Crippen molar-refractivity contribution in [2.24, 2.45) is 0 Å². The Hall–Kier alpha value is -3.60. The van der Waals surface area contributed by atoms with E-state index in [-0.39, 0.29) is 17.6 Å². The number of carbonyl (C=O) groups excluding carboxylic acids is 2. The van der Waals surface area contributed by atoms with Crippen LogP contribution in [0.15, 0.2) is 72.8 Å². The van der Waals surface area contributed by atoms with Gasteiger partial charge in [-0.2, -0.15) is 0 Å². The van der Waals surface area contributed by atoms with E-state index >= 15 is 0 Å². The number of amides is 2. The molecule has 0 fully saturated rings. The van der Waals surface area contributed by atoms with Gasteiger partial charge in [0, 0.05) is 28.6 Å². The summed E-state index contributed by atoms with van der Waals surface area (Å²) >= 11 is 0. The van der Waals surface area contributed by atoms with E-state index in [0.29, 0.717) is 16.8 Å². The smallest absolute Gasteiger partial charge is 0.255 e. The molecule has 0 saturated carbocycles. The lowest BCUT2D eigenvalue weighted by atomic mass is 10.1. The summed E-state index contributed by atoms with van der Waals surface area (Å²) in [5, 5.41) is 15.0. The van der Waals surface area contributed by atoms with Crippen LogP contribution in [0, 0.1) is 6.92 Å². The van der Waals surface area contributed by atoms with Crippen molar-refractivity contribution in [1.82, 2.24) is 0 Å². The molecule has 0 spiro atoms. The molecule has 0 heterocycles. The number of hydrogen-bond acceptors (Lipinski definition) is 3.